The summed E-state index contributed by atoms with van der Waals surface area (Å²) in [6, 6.07) is 14.6. The Hall–Kier alpha value is -3.97. The van der Waals surface area contributed by atoms with Crippen LogP contribution in [-0.2, 0) is 9.59 Å². The zero-order chi connectivity index (χ0) is 26.1. The number of amides is 1. The van der Waals surface area contributed by atoms with Crippen LogP contribution in [0.15, 0.2) is 60.2 Å². The van der Waals surface area contributed by atoms with Crippen LogP contribution in [0.3, 0.4) is 0 Å². The molecule has 36 heavy (non-hydrogen) atoms. The molecule has 0 spiro atoms. The minimum atomic E-state index is -0.899. The monoisotopic (exact) mass is 507 g/mol. The number of hydrogen-bond acceptors (Lipinski definition) is 6. The zero-order valence-corrected chi connectivity index (χ0v) is 21.3. The number of nitrogens with zero attached hydrogens (tertiary/aromatic N) is 1. The fourth-order valence-corrected chi connectivity index (χ4v) is 4.50. The highest BCUT2D eigenvalue weighted by Crippen LogP contribution is 2.45. The average Bonchev–Trinajstić information content (AvgIpc) is 3.15. The molecule has 1 heterocycles. The van der Waals surface area contributed by atoms with E-state index in [4.69, 9.17) is 25.8 Å². The number of rotatable bonds is 6. The highest BCUT2D eigenvalue weighted by atomic mass is 35.5. The molecule has 0 saturated carbocycles. The molecule has 8 heteroatoms. The second-order valence-electron chi connectivity index (χ2n) is 8.40. The van der Waals surface area contributed by atoms with Crippen molar-refractivity contribution in [2.24, 2.45) is 0 Å². The van der Waals surface area contributed by atoms with Crippen molar-refractivity contribution in [3.8, 4) is 17.2 Å². The predicted molar refractivity (Wildman–Crippen MR) is 138 cm³/mol. The van der Waals surface area contributed by atoms with Gasteiger partial charge in [-0.15, -0.1) is 0 Å². The first-order valence-corrected chi connectivity index (χ1v) is 11.5. The van der Waals surface area contributed by atoms with Crippen LogP contribution < -0.4 is 19.1 Å². The number of halogens is 1. The van der Waals surface area contributed by atoms with Crippen LogP contribution in [0.1, 0.15) is 28.3 Å². The lowest BCUT2D eigenvalue weighted by atomic mass is 9.94. The summed E-state index contributed by atoms with van der Waals surface area (Å²) >= 11 is 6.24. The maximum Gasteiger partial charge on any atom is 0.300 e. The lowest BCUT2D eigenvalue weighted by molar-refractivity contribution is -0.132. The molecule has 1 saturated heterocycles. The molecule has 7 nitrogen and oxygen atoms in total. The summed E-state index contributed by atoms with van der Waals surface area (Å²) in [5.74, 6) is -0.839. The molecule has 4 rings (SSSR count). The maximum atomic E-state index is 13.5. The summed E-state index contributed by atoms with van der Waals surface area (Å²) in [7, 11) is 4.41. The third-order valence-corrected chi connectivity index (χ3v) is 6.67. The summed E-state index contributed by atoms with van der Waals surface area (Å²) in [5, 5.41) is 11.8. The van der Waals surface area contributed by atoms with Gasteiger partial charge in [0.1, 0.15) is 23.0 Å². The second kappa shape index (κ2) is 9.95. The minimum Gasteiger partial charge on any atom is -0.507 e. The van der Waals surface area contributed by atoms with Crippen molar-refractivity contribution in [1.29, 1.82) is 0 Å². The number of aryl methyl sites for hydroxylation is 2. The largest absolute Gasteiger partial charge is 0.507 e. The molecule has 3 aromatic rings. The molecule has 0 radical (unpaired) electrons. The normalized spacial score (nSPS) is 16.8. The van der Waals surface area contributed by atoms with Crippen molar-refractivity contribution in [3.05, 3.63) is 87.4 Å². The van der Waals surface area contributed by atoms with Crippen molar-refractivity contribution >= 4 is 34.7 Å². The first kappa shape index (κ1) is 25.1. The molecule has 186 valence electrons. The molecule has 1 aliphatic heterocycles. The number of hydrogen-bond donors (Lipinski definition) is 1. The lowest BCUT2D eigenvalue weighted by Crippen LogP contribution is -2.29. The van der Waals surface area contributed by atoms with Crippen LogP contribution in [0, 0.1) is 13.8 Å². The minimum absolute atomic E-state index is 0.0777. The van der Waals surface area contributed by atoms with Crippen molar-refractivity contribution in [1.82, 2.24) is 0 Å². The Balaban J connectivity index is 1.99. The van der Waals surface area contributed by atoms with E-state index >= 15 is 0 Å². The van der Waals surface area contributed by atoms with Gasteiger partial charge in [-0.05, 0) is 60.9 Å². The van der Waals surface area contributed by atoms with E-state index in [1.165, 1.54) is 31.3 Å². The first-order chi connectivity index (χ1) is 17.2. The van der Waals surface area contributed by atoms with Crippen LogP contribution in [0.5, 0.6) is 17.2 Å². The van der Waals surface area contributed by atoms with Crippen LogP contribution in [0.4, 0.5) is 5.69 Å². The number of carbonyl (C=O) groups is 2. The summed E-state index contributed by atoms with van der Waals surface area (Å²) in [6.07, 6.45) is 0. The molecule has 1 fully saturated rings. The summed E-state index contributed by atoms with van der Waals surface area (Å²) in [4.78, 5) is 28.3. The van der Waals surface area contributed by atoms with E-state index < -0.39 is 23.5 Å². The Bertz CT molecular complexity index is 1380. The van der Waals surface area contributed by atoms with Crippen LogP contribution in [-0.4, -0.2) is 38.1 Å². The van der Waals surface area contributed by atoms with Gasteiger partial charge in [0.2, 0.25) is 0 Å². The van der Waals surface area contributed by atoms with E-state index in [1.54, 1.807) is 37.4 Å². The number of ether oxygens (including phenoxy) is 3. The van der Waals surface area contributed by atoms with E-state index in [0.717, 1.165) is 11.1 Å². The van der Waals surface area contributed by atoms with E-state index in [9.17, 15) is 14.7 Å². The van der Waals surface area contributed by atoms with E-state index in [2.05, 4.69) is 0 Å². The molecule has 1 aliphatic rings. The maximum absolute atomic E-state index is 13.5. The van der Waals surface area contributed by atoms with Crippen LogP contribution in [0.2, 0.25) is 5.02 Å². The van der Waals surface area contributed by atoms with Gasteiger partial charge in [-0.25, -0.2) is 0 Å². The van der Waals surface area contributed by atoms with Crippen molar-refractivity contribution in [2.45, 2.75) is 19.9 Å². The number of benzene rings is 3. The van der Waals surface area contributed by atoms with Gasteiger partial charge in [-0.2, -0.15) is 0 Å². The fraction of sp³-hybridized carbons (Fsp3) is 0.214. The van der Waals surface area contributed by atoms with E-state index in [1.807, 2.05) is 26.0 Å². The van der Waals surface area contributed by atoms with Gasteiger partial charge in [-0.1, -0.05) is 29.8 Å². The topological polar surface area (TPSA) is 85.3 Å². The third kappa shape index (κ3) is 4.27. The van der Waals surface area contributed by atoms with E-state index in [0.29, 0.717) is 17.0 Å². The Kier molecular flexibility index (Phi) is 6.95. The quantitative estimate of drug-likeness (QED) is 0.265. The summed E-state index contributed by atoms with van der Waals surface area (Å²) < 4.78 is 16.0. The van der Waals surface area contributed by atoms with Gasteiger partial charge in [-0.3, -0.25) is 14.5 Å². The van der Waals surface area contributed by atoms with Crippen molar-refractivity contribution in [3.63, 3.8) is 0 Å². The molecule has 1 N–H and O–H groups in total. The number of ketones is 1. The molecule has 1 atom stereocenters. The molecule has 1 amide bonds. The highest BCUT2D eigenvalue weighted by molar-refractivity contribution is 6.51. The molecule has 0 aromatic heterocycles. The molecule has 0 aliphatic carbocycles. The van der Waals surface area contributed by atoms with Gasteiger partial charge < -0.3 is 19.3 Å². The SMILES string of the molecule is COc1ccc(C2/C(=C(\O)c3cc(OC)c(Cl)cc3OC)C(=O)C(=O)N2c2ccc(C)c(C)c2)cc1. The molecule has 1 unspecified atom stereocenters. The van der Waals surface area contributed by atoms with Crippen molar-refractivity contribution < 1.29 is 28.9 Å². The Morgan fingerprint density at radius 3 is 2.11 bits per heavy atom. The molecular weight excluding hydrogens is 482 g/mol. The Labute approximate surface area is 214 Å². The van der Waals surface area contributed by atoms with Gasteiger partial charge in [0.25, 0.3) is 11.7 Å². The molecular formula is C28H26ClNO6. The number of aliphatic hydroxyl groups is 1. The fourth-order valence-electron chi connectivity index (χ4n) is 4.27. The van der Waals surface area contributed by atoms with Crippen molar-refractivity contribution in [2.75, 3.05) is 26.2 Å². The van der Waals surface area contributed by atoms with Gasteiger partial charge >= 0.3 is 0 Å². The van der Waals surface area contributed by atoms with Gasteiger partial charge in [0.05, 0.1) is 43.5 Å². The Morgan fingerprint density at radius 2 is 1.53 bits per heavy atom. The van der Waals surface area contributed by atoms with Gasteiger partial charge in [0.15, 0.2) is 0 Å². The van der Waals surface area contributed by atoms with Gasteiger partial charge in [0, 0.05) is 11.8 Å². The standard InChI is InChI=1S/C28H26ClNO6/c1-15-6-9-18(12-16(15)2)30-25(17-7-10-19(34-3)11-8-17)24(27(32)28(30)33)26(31)20-13-23(36-5)21(29)14-22(20)35-4/h6-14,25,31H,1-5H3/b26-24+. The molecule has 0 bridgehead atoms. The first-order valence-electron chi connectivity index (χ1n) is 11.2. The molecule has 3 aromatic carbocycles. The number of methoxy groups -OCH3 is 3. The second-order valence-corrected chi connectivity index (χ2v) is 8.81. The lowest BCUT2D eigenvalue weighted by Gasteiger charge is -2.26. The van der Waals surface area contributed by atoms with Crippen LogP contribution >= 0.6 is 11.6 Å². The Morgan fingerprint density at radius 1 is 0.861 bits per heavy atom. The number of aliphatic hydroxyl groups excluding tert-OH is 1. The number of carbonyl (C=O) groups excluding carboxylic acids is 2. The number of Topliss-reactive ketones (excluding diaryl/α,β-unsaturated/α-hetero) is 1. The third-order valence-electron chi connectivity index (χ3n) is 6.37. The summed E-state index contributed by atoms with van der Waals surface area (Å²) in [5.41, 5.74) is 3.28. The average molecular weight is 508 g/mol. The highest BCUT2D eigenvalue weighted by Gasteiger charge is 2.47. The number of anilines is 1. The smallest absolute Gasteiger partial charge is 0.300 e. The zero-order valence-electron chi connectivity index (χ0n) is 20.6. The van der Waals surface area contributed by atoms with Crippen LogP contribution in [0.25, 0.3) is 5.76 Å². The predicted octanol–water partition coefficient (Wildman–Crippen LogP) is 5.61. The summed E-state index contributed by atoms with van der Waals surface area (Å²) in [6.45, 7) is 3.90. The van der Waals surface area contributed by atoms with E-state index in [-0.39, 0.29) is 27.7 Å².